The van der Waals surface area contributed by atoms with Crippen LogP contribution in [-0.2, 0) is 9.53 Å². The number of aromatic nitrogens is 1. The molecule has 2 heterocycles. The Morgan fingerprint density at radius 3 is 2.31 bits per heavy atom. The molecule has 2 N–H and O–H groups in total. The summed E-state index contributed by atoms with van der Waals surface area (Å²) in [5.41, 5.74) is 2.05. The van der Waals surface area contributed by atoms with Crippen molar-refractivity contribution in [3.63, 3.8) is 0 Å². The molecule has 0 spiro atoms. The number of ether oxygens (including phenoxy) is 1. The summed E-state index contributed by atoms with van der Waals surface area (Å²) in [5, 5.41) is 3.61. The van der Waals surface area contributed by atoms with E-state index >= 15 is 0 Å². The Bertz CT molecular complexity index is 1110. The average Bonchev–Trinajstić information content (AvgIpc) is 3.17. The normalized spacial score (nSPS) is 14.0. The Morgan fingerprint density at radius 2 is 1.62 bits per heavy atom. The van der Waals surface area contributed by atoms with Crippen LogP contribution in [0.25, 0.3) is 10.9 Å². The van der Waals surface area contributed by atoms with Gasteiger partial charge in [-0.2, -0.15) is 0 Å². The van der Waals surface area contributed by atoms with Gasteiger partial charge in [0, 0.05) is 42.6 Å². The first-order chi connectivity index (χ1) is 15.1. The van der Waals surface area contributed by atoms with Gasteiger partial charge in [-0.15, -0.1) is 12.4 Å². The van der Waals surface area contributed by atoms with E-state index in [0.29, 0.717) is 37.4 Å². The van der Waals surface area contributed by atoms with E-state index in [-0.39, 0.29) is 36.5 Å². The number of benzene rings is 2. The summed E-state index contributed by atoms with van der Waals surface area (Å²) in [4.78, 5) is 44.2. The maximum atomic E-state index is 12.7. The minimum atomic E-state index is -0.542. The Kier molecular flexibility index (Phi) is 7.50. The van der Waals surface area contributed by atoms with Crippen molar-refractivity contribution >= 4 is 46.8 Å². The Hall–Kier alpha value is -3.36. The van der Waals surface area contributed by atoms with Crippen LogP contribution in [0.2, 0.25) is 0 Å². The maximum absolute atomic E-state index is 12.7. The molecule has 4 rings (SSSR count). The molecule has 2 aromatic carbocycles. The van der Waals surface area contributed by atoms with Crippen LogP contribution in [0.3, 0.4) is 0 Å². The van der Waals surface area contributed by atoms with E-state index in [2.05, 4.69) is 10.3 Å². The van der Waals surface area contributed by atoms with E-state index in [0.717, 1.165) is 10.9 Å². The van der Waals surface area contributed by atoms with E-state index in [1.165, 1.54) is 7.11 Å². The number of carbonyl (C=O) groups is 3. The van der Waals surface area contributed by atoms with Crippen LogP contribution < -0.4 is 5.32 Å². The number of amides is 2. The lowest BCUT2D eigenvalue weighted by molar-refractivity contribution is -0.117. The minimum absolute atomic E-state index is 0. The molecule has 0 unspecified atom stereocenters. The summed E-state index contributed by atoms with van der Waals surface area (Å²) in [6.45, 7) is 2.49. The lowest BCUT2D eigenvalue weighted by Gasteiger charge is -2.34. The molecular weight excluding hydrogens is 432 g/mol. The van der Waals surface area contributed by atoms with E-state index in [1.807, 2.05) is 59.5 Å². The molecule has 1 saturated heterocycles. The summed E-state index contributed by atoms with van der Waals surface area (Å²) in [7, 11) is 1.30. The third-order valence-corrected chi connectivity index (χ3v) is 5.41. The highest BCUT2D eigenvalue weighted by Gasteiger charge is 2.25. The van der Waals surface area contributed by atoms with Crippen molar-refractivity contribution < 1.29 is 19.1 Å². The van der Waals surface area contributed by atoms with Crippen molar-refractivity contribution in [3.8, 4) is 0 Å². The number of hydrogen-bond donors (Lipinski definition) is 2. The standard InChI is InChI=1S/C23H24N4O4.ClH/c1-31-23(30)21-20(17-9-5-6-10-18(17)24-21)25-19(28)15-26-11-13-27(14-12-26)22(29)16-7-3-2-4-8-16;/h2-10,24H,11-15H2,1H3,(H,25,28);1H. The SMILES string of the molecule is COC(=O)c1[nH]c2ccccc2c1NC(=O)CN1CCN(C(=O)c2ccccc2)CC1.Cl. The summed E-state index contributed by atoms with van der Waals surface area (Å²) in [6, 6.07) is 16.6. The number of fused-ring (bicyclic) bond motifs is 1. The van der Waals surface area contributed by atoms with Crippen LogP contribution in [0.5, 0.6) is 0 Å². The van der Waals surface area contributed by atoms with Gasteiger partial charge < -0.3 is 19.9 Å². The maximum Gasteiger partial charge on any atom is 0.356 e. The number of esters is 1. The molecule has 1 fully saturated rings. The van der Waals surface area contributed by atoms with Crippen LogP contribution >= 0.6 is 12.4 Å². The van der Waals surface area contributed by atoms with Gasteiger partial charge in [-0.3, -0.25) is 14.5 Å². The van der Waals surface area contributed by atoms with Gasteiger partial charge in [0.2, 0.25) is 5.91 Å². The van der Waals surface area contributed by atoms with Gasteiger partial charge in [0.1, 0.15) is 5.69 Å². The van der Waals surface area contributed by atoms with Gasteiger partial charge in [-0.05, 0) is 18.2 Å². The fourth-order valence-electron chi connectivity index (χ4n) is 3.78. The number of methoxy groups -OCH3 is 1. The second kappa shape index (κ2) is 10.3. The van der Waals surface area contributed by atoms with Crippen molar-refractivity contribution in [1.82, 2.24) is 14.8 Å². The number of anilines is 1. The lowest BCUT2D eigenvalue weighted by atomic mass is 10.2. The number of para-hydroxylation sites is 1. The third-order valence-electron chi connectivity index (χ3n) is 5.41. The number of piperazine rings is 1. The van der Waals surface area contributed by atoms with E-state index in [1.54, 1.807) is 4.90 Å². The van der Waals surface area contributed by atoms with Crippen molar-refractivity contribution in [2.75, 3.05) is 45.2 Å². The van der Waals surface area contributed by atoms with Gasteiger partial charge in [0.25, 0.3) is 5.91 Å². The quantitative estimate of drug-likeness (QED) is 0.576. The van der Waals surface area contributed by atoms with Gasteiger partial charge >= 0.3 is 5.97 Å². The van der Waals surface area contributed by atoms with Gasteiger partial charge in [0.15, 0.2) is 0 Å². The Morgan fingerprint density at radius 1 is 0.969 bits per heavy atom. The van der Waals surface area contributed by atoms with Gasteiger partial charge in [-0.1, -0.05) is 36.4 Å². The smallest absolute Gasteiger partial charge is 0.356 e. The van der Waals surface area contributed by atoms with Crippen LogP contribution in [0.1, 0.15) is 20.8 Å². The molecule has 0 saturated carbocycles. The Labute approximate surface area is 191 Å². The molecule has 1 aliphatic rings. The number of nitrogens with zero attached hydrogens (tertiary/aromatic N) is 2. The fraction of sp³-hybridized carbons (Fsp3) is 0.261. The largest absolute Gasteiger partial charge is 0.464 e. The van der Waals surface area contributed by atoms with Crippen molar-refractivity contribution in [3.05, 3.63) is 65.9 Å². The van der Waals surface area contributed by atoms with Crippen LogP contribution in [0.15, 0.2) is 54.6 Å². The van der Waals surface area contributed by atoms with Crippen molar-refractivity contribution in [2.45, 2.75) is 0 Å². The summed E-state index contributed by atoms with van der Waals surface area (Å²) < 4.78 is 4.84. The zero-order valence-electron chi connectivity index (χ0n) is 17.7. The zero-order chi connectivity index (χ0) is 21.8. The first-order valence-corrected chi connectivity index (χ1v) is 10.1. The van der Waals surface area contributed by atoms with E-state index in [4.69, 9.17) is 4.74 Å². The predicted molar refractivity (Wildman–Crippen MR) is 124 cm³/mol. The highest BCUT2D eigenvalue weighted by atomic mass is 35.5. The van der Waals surface area contributed by atoms with Gasteiger partial charge in [-0.25, -0.2) is 4.79 Å². The second-order valence-electron chi connectivity index (χ2n) is 7.39. The first-order valence-electron chi connectivity index (χ1n) is 10.1. The summed E-state index contributed by atoms with van der Waals surface area (Å²) in [6.07, 6.45) is 0. The minimum Gasteiger partial charge on any atom is -0.464 e. The molecule has 32 heavy (non-hydrogen) atoms. The molecule has 0 radical (unpaired) electrons. The van der Waals surface area contributed by atoms with E-state index in [9.17, 15) is 14.4 Å². The molecule has 168 valence electrons. The molecular formula is C23H25ClN4O4. The predicted octanol–water partition coefficient (Wildman–Crippen LogP) is 2.77. The van der Waals surface area contributed by atoms with Crippen LogP contribution in [0, 0.1) is 0 Å². The highest BCUT2D eigenvalue weighted by molar-refractivity contribution is 6.11. The fourth-order valence-corrected chi connectivity index (χ4v) is 3.78. The monoisotopic (exact) mass is 456 g/mol. The average molecular weight is 457 g/mol. The number of H-pyrrole nitrogens is 1. The van der Waals surface area contributed by atoms with Crippen molar-refractivity contribution in [1.29, 1.82) is 0 Å². The topological polar surface area (TPSA) is 94.7 Å². The molecule has 1 aromatic heterocycles. The molecule has 0 aliphatic carbocycles. The zero-order valence-corrected chi connectivity index (χ0v) is 18.5. The molecule has 9 heteroatoms. The highest BCUT2D eigenvalue weighted by Crippen LogP contribution is 2.28. The summed E-state index contributed by atoms with van der Waals surface area (Å²) in [5.74, 6) is -0.761. The number of aromatic amines is 1. The molecule has 0 bridgehead atoms. The number of halogens is 1. The molecule has 0 atom stereocenters. The van der Waals surface area contributed by atoms with E-state index < -0.39 is 5.97 Å². The third kappa shape index (κ3) is 4.92. The number of rotatable bonds is 5. The number of hydrogen-bond acceptors (Lipinski definition) is 5. The Balaban J connectivity index is 0.00000289. The summed E-state index contributed by atoms with van der Waals surface area (Å²) >= 11 is 0. The number of nitrogens with one attached hydrogen (secondary N) is 2. The number of carbonyl (C=O) groups excluding carboxylic acids is 3. The first kappa shape index (κ1) is 23.3. The second-order valence-corrected chi connectivity index (χ2v) is 7.39. The molecule has 3 aromatic rings. The van der Waals surface area contributed by atoms with Crippen molar-refractivity contribution in [2.24, 2.45) is 0 Å². The van der Waals surface area contributed by atoms with Crippen LogP contribution in [0.4, 0.5) is 5.69 Å². The lowest BCUT2D eigenvalue weighted by Crippen LogP contribution is -2.50. The molecule has 2 amide bonds. The van der Waals surface area contributed by atoms with Crippen LogP contribution in [-0.4, -0.2) is 72.4 Å². The molecule has 1 aliphatic heterocycles. The van der Waals surface area contributed by atoms with Gasteiger partial charge in [0.05, 0.1) is 19.3 Å². The molecule has 8 nitrogen and oxygen atoms in total.